The van der Waals surface area contributed by atoms with E-state index in [0.717, 1.165) is 31.3 Å². The van der Waals surface area contributed by atoms with Gasteiger partial charge in [0.15, 0.2) is 0 Å². The van der Waals surface area contributed by atoms with E-state index in [1.807, 2.05) is 4.90 Å². The van der Waals surface area contributed by atoms with Crippen LogP contribution in [0.2, 0.25) is 5.02 Å². The van der Waals surface area contributed by atoms with Gasteiger partial charge in [0.25, 0.3) is 5.91 Å². The van der Waals surface area contributed by atoms with E-state index in [2.05, 4.69) is 15.9 Å². The highest BCUT2D eigenvalue weighted by Crippen LogP contribution is 2.22. The third-order valence-corrected chi connectivity index (χ3v) is 4.49. The van der Waals surface area contributed by atoms with E-state index in [1.54, 1.807) is 0 Å². The number of halogens is 3. The SMILES string of the molecule is O=C(c1ccc(F)c(Cl)c1)N1CCC(CBr)CC1. The van der Waals surface area contributed by atoms with Crippen molar-refractivity contribution in [3.8, 4) is 0 Å². The number of hydrogen-bond donors (Lipinski definition) is 0. The third-order valence-electron chi connectivity index (χ3n) is 3.29. The average molecular weight is 335 g/mol. The van der Waals surface area contributed by atoms with E-state index in [4.69, 9.17) is 11.6 Å². The van der Waals surface area contributed by atoms with Gasteiger partial charge in [-0.15, -0.1) is 0 Å². The highest BCUT2D eigenvalue weighted by atomic mass is 79.9. The second-order valence-corrected chi connectivity index (χ2v) is 5.57. The number of carbonyl (C=O) groups excluding carboxylic acids is 1. The molecular formula is C13H14BrClFNO. The molecule has 1 fully saturated rings. The quantitative estimate of drug-likeness (QED) is 0.755. The summed E-state index contributed by atoms with van der Waals surface area (Å²) in [6.07, 6.45) is 2.01. The molecule has 1 heterocycles. The van der Waals surface area contributed by atoms with Gasteiger partial charge in [-0.25, -0.2) is 4.39 Å². The van der Waals surface area contributed by atoms with Crippen LogP contribution in [0.5, 0.6) is 0 Å². The van der Waals surface area contributed by atoms with Crippen LogP contribution in [0.3, 0.4) is 0 Å². The molecule has 2 nitrogen and oxygen atoms in total. The van der Waals surface area contributed by atoms with Gasteiger partial charge in [-0.1, -0.05) is 27.5 Å². The van der Waals surface area contributed by atoms with Gasteiger partial charge in [0.2, 0.25) is 0 Å². The highest BCUT2D eigenvalue weighted by molar-refractivity contribution is 9.09. The van der Waals surface area contributed by atoms with Crippen molar-refractivity contribution in [3.05, 3.63) is 34.6 Å². The predicted octanol–water partition coefficient (Wildman–Crippen LogP) is 3.73. The van der Waals surface area contributed by atoms with Crippen LogP contribution >= 0.6 is 27.5 Å². The van der Waals surface area contributed by atoms with E-state index in [1.165, 1.54) is 18.2 Å². The molecule has 0 saturated carbocycles. The van der Waals surface area contributed by atoms with Crippen LogP contribution < -0.4 is 0 Å². The molecule has 0 unspecified atom stereocenters. The topological polar surface area (TPSA) is 20.3 Å². The second kappa shape index (κ2) is 6.02. The maximum atomic E-state index is 13.0. The molecule has 0 bridgehead atoms. The molecule has 98 valence electrons. The Morgan fingerprint density at radius 1 is 1.44 bits per heavy atom. The van der Waals surface area contributed by atoms with Crippen LogP contribution in [0.15, 0.2) is 18.2 Å². The third kappa shape index (κ3) is 3.04. The Morgan fingerprint density at radius 3 is 2.67 bits per heavy atom. The van der Waals surface area contributed by atoms with Gasteiger partial charge in [-0.3, -0.25) is 4.79 Å². The summed E-state index contributed by atoms with van der Waals surface area (Å²) in [5.74, 6) is 0.0852. The number of alkyl halides is 1. The van der Waals surface area contributed by atoms with Crippen molar-refractivity contribution in [3.63, 3.8) is 0 Å². The normalized spacial score (nSPS) is 16.9. The predicted molar refractivity (Wildman–Crippen MR) is 73.8 cm³/mol. The monoisotopic (exact) mass is 333 g/mol. The molecule has 5 heteroatoms. The number of hydrogen-bond acceptors (Lipinski definition) is 1. The minimum absolute atomic E-state index is 0.00352. The summed E-state index contributed by atoms with van der Waals surface area (Å²) in [5.41, 5.74) is 0.457. The van der Waals surface area contributed by atoms with Crippen molar-refractivity contribution < 1.29 is 9.18 Å². The smallest absolute Gasteiger partial charge is 0.253 e. The first-order valence-corrected chi connectivity index (χ1v) is 7.42. The molecule has 0 radical (unpaired) electrons. The first-order valence-electron chi connectivity index (χ1n) is 5.92. The molecule has 1 aliphatic rings. The molecule has 1 saturated heterocycles. The fourth-order valence-electron chi connectivity index (χ4n) is 2.10. The summed E-state index contributed by atoms with van der Waals surface area (Å²) in [5, 5.41) is 0.980. The van der Waals surface area contributed by atoms with Crippen molar-refractivity contribution in [1.29, 1.82) is 0 Å². The summed E-state index contributed by atoms with van der Waals surface area (Å²) in [4.78, 5) is 14.0. The van der Waals surface area contributed by atoms with Gasteiger partial charge in [-0.2, -0.15) is 0 Å². The minimum Gasteiger partial charge on any atom is -0.339 e. The minimum atomic E-state index is -0.494. The van der Waals surface area contributed by atoms with Crippen LogP contribution in [0.1, 0.15) is 23.2 Å². The molecule has 0 aromatic heterocycles. The van der Waals surface area contributed by atoms with Gasteiger partial charge in [0.05, 0.1) is 5.02 Å². The lowest BCUT2D eigenvalue weighted by molar-refractivity contribution is 0.0699. The molecular weight excluding hydrogens is 321 g/mol. The van der Waals surface area contributed by atoms with E-state index >= 15 is 0 Å². The Labute approximate surface area is 119 Å². The highest BCUT2D eigenvalue weighted by Gasteiger charge is 2.23. The number of likely N-dealkylation sites (tertiary alicyclic amines) is 1. The summed E-state index contributed by atoms with van der Waals surface area (Å²) >= 11 is 9.16. The standard InChI is InChI=1S/C13H14BrClFNO/c14-8-9-3-5-17(6-4-9)13(18)10-1-2-12(16)11(15)7-10/h1-2,7,9H,3-6,8H2. The number of carbonyl (C=O) groups is 1. The van der Waals surface area contributed by atoms with Gasteiger partial charge in [-0.05, 0) is 37.0 Å². The first-order chi connectivity index (χ1) is 8.61. The van der Waals surface area contributed by atoms with E-state index < -0.39 is 5.82 Å². The van der Waals surface area contributed by atoms with Crippen molar-refractivity contribution in [1.82, 2.24) is 4.90 Å². The molecule has 0 aliphatic carbocycles. The Morgan fingerprint density at radius 2 is 2.11 bits per heavy atom. The van der Waals surface area contributed by atoms with Gasteiger partial charge >= 0.3 is 0 Å². The molecule has 0 spiro atoms. The molecule has 18 heavy (non-hydrogen) atoms. The van der Waals surface area contributed by atoms with E-state index in [9.17, 15) is 9.18 Å². The summed E-state index contributed by atoms with van der Waals surface area (Å²) in [6.45, 7) is 1.51. The molecule has 1 amide bonds. The lowest BCUT2D eigenvalue weighted by atomic mass is 9.98. The zero-order chi connectivity index (χ0) is 13.1. The Kier molecular flexibility index (Phi) is 4.62. The van der Waals surface area contributed by atoms with Crippen LogP contribution in [-0.4, -0.2) is 29.2 Å². The average Bonchev–Trinajstić information content (AvgIpc) is 2.41. The zero-order valence-corrected chi connectivity index (χ0v) is 12.2. The summed E-state index contributed by atoms with van der Waals surface area (Å²) in [6, 6.07) is 4.12. The first kappa shape index (κ1) is 13.8. The van der Waals surface area contributed by atoms with E-state index in [0.29, 0.717) is 11.5 Å². The largest absolute Gasteiger partial charge is 0.339 e. The molecule has 0 N–H and O–H groups in total. The number of piperidine rings is 1. The van der Waals surface area contributed by atoms with Gasteiger partial charge in [0.1, 0.15) is 5.82 Å². The molecule has 2 rings (SSSR count). The van der Waals surface area contributed by atoms with Crippen molar-refractivity contribution in [2.75, 3.05) is 18.4 Å². The van der Waals surface area contributed by atoms with Crippen molar-refractivity contribution in [2.45, 2.75) is 12.8 Å². The molecule has 0 atom stereocenters. The van der Waals surface area contributed by atoms with Crippen molar-refractivity contribution >= 4 is 33.4 Å². The number of nitrogens with zero attached hydrogens (tertiary/aromatic N) is 1. The Hall–Kier alpha value is -0.610. The van der Waals surface area contributed by atoms with Gasteiger partial charge < -0.3 is 4.90 Å². The number of rotatable bonds is 2. The van der Waals surface area contributed by atoms with Crippen LogP contribution in [0.4, 0.5) is 4.39 Å². The molecule has 1 aliphatic heterocycles. The van der Waals surface area contributed by atoms with Crippen LogP contribution in [-0.2, 0) is 0 Å². The lowest BCUT2D eigenvalue weighted by Gasteiger charge is -2.31. The maximum absolute atomic E-state index is 13.0. The second-order valence-electron chi connectivity index (χ2n) is 4.52. The summed E-state index contributed by atoms with van der Waals surface area (Å²) in [7, 11) is 0. The van der Waals surface area contributed by atoms with Gasteiger partial charge in [0, 0.05) is 24.0 Å². The number of amides is 1. The maximum Gasteiger partial charge on any atom is 0.253 e. The molecule has 1 aromatic rings. The molecule has 1 aromatic carbocycles. The number of benzene rings is 1. The van der Waals surface area contributed by atoms with Crippen LogP contribution in [0.25, 0.3) is 0 Å². The van der Waals surface area contributed by atoms with Crippen molar-refractivity contribution in [2.24, 2.45) is 5.92 Å². The van der Waals surface area contributed by atoms with E-state index in [-0.39, 0.29) is 10.9 Å². The van der Waals surface area contributed by atoms with Crippen LogP contribution in [0, 0.1) is 11.7 Å². The zero-order valence-electron chi connectivity index (χ0n) is 9.83. The fourth-order valence-corrected chi connectivity index (χ4v) is 2.93. The Bertz CT molecular complexity index is 447. The lowest BCUT2D eigenvalue weighted by Crippen LogP contribution is -2.38. The Balaban J connectivity index is 2.05. The fraction of sp³-hybridized carbons (Fsp3) is 0.462. The summed E-state index contributed by atoms with van der Waals surface area (Å²) < 4.78 is 13.0.